The highest BCUT2D eigenvalue weighted by Gasteiger charge is 2.09. The van der Waals surface area contributed by atoms with Gasteiger partial charge in [-0.15, -0.1) is 0 Å². The molecule has 34 heavy (non-hydrogen) atoms. The summed E-state index contributed by atoms with van der Waals surface area (Å²) in [4.78, 5) is 0. The lowest BCUT2D eigenvalue weighted by atomic mass is 9.90. The van der Waals surface area contributed by atoms with Crippen LogP contribution < -0.4 is 0 Å². The molecule has 0 unspecified atom stereocenters. The molecule has 0 radical (unpaired) electrons. The van der Waals surface area contributed by atoms with Crippen LogP contribution >= 0.6 is 41.2 Å². The van der Waals surface area contributed by atoms with E-state index in [0.717, 1.165) is 11.8 Å². The largest absolute Gasteiger partial charge is 0.0817 e. The zero-order chi connectivity index (χ0) is 25.0. The van der Waals surface area contributed by atoms with Gasteiger partial charge in [-0.25, -0.2) is 0 Å². The molecule has 0 bridgehead atoms. The molecule has 0 fully saturated rings. The van der Waals surface area contributed by atoms with E-state index in [9.17, 15) is 0 Å². The van der Waals surface area contributed by atoms with Crippen LogP contribution in [0.3, 0.4) is 0 Å². The van der Waals surface area contributed by atoms with Crippen LogP contribution in [0.15, 0.2) is 0 Å². The summed E-state index contributed by atoms with van der Waals surface area (Å²) in [6.07, 6.45) is 31.7. The monoisotopic (exact) mass is 550 g/mol. The standard InChI is InChI=1S/C30H62S4/c1-5-9-13-21-29(22-14-10-6-2)25-17-19-27-31-33-34-32-28-20-18-26-30(23-15-11-7-3)24-16-12-8-4/h29-30H,5-28H2,1-4H3. The van der Waals surface area contributed by atoms with Crippen molar-refractivity contribution in [3.8, 4) is 0 Å². The highest BCUT2D eigenvalue weighted by atomic mass is 33.7. The molecule has 4 heteroatoms. The van der Waals surface area contributed by atoms with Gasteiger partial charge in [-0.1, -0.05) is 178 Å². The first kappa shape index (κ1) is 35.4. The fourth-order valence-corrected chi connectivity index (χ4v) is 11.2. The van der Waals surface area contributed by atoms with Gasteiger partial charge >= 0.3 is 0 Å². The lowest BCUT2D eigenvalue weighted by Gasteiger charge is -2.16. The van der Waals surface area contributed by atoms with Gasteiger partial charge in [-0.2, -0.15) is 0 Å². The number of unbranched alkanes of at least 4 members (excludes halogenated alkanes) is 10. The Hall–Kier alpha value is 1.40. The average molecular weight is 551 g/mol. The van der Waals surface area contributed by atoms with E-state index >= 15 is 0 Å². The molecule has 0 spiro atoms. The van der Waals surface area contributed by atoms with Crippen molar-refractivity contribution in [3.63, 3.8) is 0 Å². The van der Waals surface area contributed by atoms with Crippen LogP contribution in [0.1, 0.15) is 169 Å². The van der Waals surface area contributed by atoms with Crippen molar-refractivity contribution in [3.05, 3.63) is 0 Å². The van der Waals surface area contributed by atoms with Crippen molar-refractivity contribution in [1.82, 2.24) is 0 Å². The van der Waals surface area contributed by atoms with Crippen LogP contribution in [0, 0.1) is 11.8 Å². The van der Waals surface area contributed by atoms with Crippen molar-refractivity contribution in [2.45, 2.75) is 169 Å². The summed E-state index contributed by atoms with van der Waals surface area (Å²) in [5.41, 5.74) is 0. The summed E-state index contributed by atoms with van der Waals surface area (Å²) in [7, 11) is 8.26. The molecule has 0 aliphatic rings. The van der Waals surface area contributed by atoms with E-state index in [4.69, 9.17) is 0 Å². The Morgan fingerprint density at radius 2 is 0.618 bits per heavy atom. The zero-order valence-electron chi connectivity index (χ0n) is 23.8. The van der Waals surface area contributed by atoms with Crippen LogP contribution in [-0.2, 0) is 0 Å². The van der Waals surface area contributed by atoms with Gasteiger partial charge in [0.15, 0.2) is 0 Å². The maximum absolute atomic E-state index is 2.33. The lowest BCUT2D eigenvalue weighted by molar-refractivity contribution is 0.376. The van der Waals surface area contributed by atoms with Crippen LogP contribution in [0.25, 0.3) is 0 Å². The Kier molecular flexibility index (Phi) is 31.9. The second-order valence-electron chi connectivity index (χ2n) is 10.5. The first-order valence-corrected chi connectivity index (χ1v) is 20.5. The van der Waals surface area contributed by atoms with Crippen molar-refractivity contribution in [2.24, 2.45) is 11.8 Å². The molecular formula is C30H62S4. The summed E-state index contributed by atoms with van der Waals surface area (Å²) in [6, 6.07) is 0. The molecule has 0 aromatic rings. The van der Waals surface area contributed by atoms with Gasteiger partial charge in [0, 0.05) is 11.5 Å². The summed E-state index contributed by atoms with van der Waals surface area (Å²) >= 11 is 0. The third-order valence-electron chi connectivity index (χ3n) is 7.17. The Bertz CT molecular complexity index is 310. The minimum atomic E-state index is 1.01. The van der Waals surface area contributed by atoms with Crippen molar-refractivity contribution < 1.29 is 0 Å². The molecule has 0 heterocycles. The molecule has 0 aliphatic carbocycles. The van der Waals surface area contributed by atoms with Gasteiger partial charge in [0.25, 0.3) is 0 Å². The summed E-state index contributed by atoms with van der Waals surface area (Å²) < 4.78 is 0. The molecule has 0 aliphatic heterocycles. The first-order valence-electron chi connectivity index (χ1n) is 15.4. The summed E-state index contributed by atoms with van der Waals surface area (Å²) in [6.45, 7) is 9.32. The topological polar surface area (TPSA) is 0 Å². The third kappa shape index (κ3) is 26.5. The zero-order valence-corrected chi connectivity index (χ0v) is 27.0. The van der Waals surface area contributed by atoms with E-state index in [1.807, 2.05) is 19.7 Å². The molecule has 0 atom stereocenters. The Balaban J connectivity index is 3.63. The smallest absolute Gasteiger partial charge is 0.00454 e. The van der Waals surface area contributed by atoms with E-state index in [0.29, 0.717) is 0 Å². The van der Waals surface area contributed by atoms with Crippen molar-refractivity contribution >= 4 is 41.2 Å². The second kappa shape index (κ2) is 30.6. The number of hydrogen-bond acceptors (Lipinski definition) is 4. The van der Waals surface area contributed by atoms with Crippen LogP contribution in [-0.4, -0.2) is 11.5 Å². The van der Waals surface area contributed by atoms with Gasteiger partial charge in [-0.3, -0.25) is 0 Å². The molecule has 0 saturated heterocycles. The highest BCUT2D eigenvalue weighted by molar-refractivity contribution is 9.26. The Morgan fingerprint density at radius 3 is 0.882 bits per heavy atom. The van der Waals surface area contributed by atoms with E-state index in [1.165, 1.54) is 153 Å². The lowest BCUT2D eigenvalue weighted by Crippen LogP contribution is -2.01. The minimum absolute atomic E-state index is 1.01. The molecule has 0 nitrogen and oxygen atoms in total. The Morgan fingerprint density at radius 1 is 0.353 bits per heavy atom. The van der Waals surface area contributed by atoms with Crippen LogP contribution in [0.4, 0.5) is 0 Å². The maximum atomic E-state index is 2.33. The van der Waals surface area contributed by atoms with E-state index in [1.54, 1.807) is 0 Å². The molecule has 0 N–H and O–H groups in total. The van der Waals surface area contributed by atoms with Crippen LogP contribution in [0.2, 0.25) is 0 Å². The third-order valence-corrected chi connectivity index (χ3v) is 13.8. The first-order chi connectivity index (χ1) is 16.8. The van der Waals surface area contributed by atoms with E-state index in [2.05, 4.69) is 49.3 Å². The fraction of sp³-hybridized carbons (Fsp3) is 1.00. The van der Waals surface area contributed by atoms with Crippen molar-refractivity contribution in [1.29, 1.82) is 0 Å². The van der Waals surface area contributed by atoms with Gasteiger partial charge in [0.2, 0.25) is 0 Å². The van der Waals surface area contributed by atoms with Gasteiger partial charge in [0.1, 0.15) is 0 Å². The SMILES string of the molecule is CCCCCC(CCCCC)CCCCSSSSCCCCC(CCCCC)CCCCC. The number of hydrogen-bond donors (Lipinski definition) is 0. The van der Waals surface area contributed by atoms with Gasteiger partial charge in [-0.05, 0) is 44.3 Å². The van der Waals surface area contributed by atoms with Crippen LogP contribution in [0.5, 0.6) is 0 Å². The fourth-order valence-electron chi connectivity index (χ4n) is 4.89. The predicted octanol–water partition coefficient (Wildman–Crippen LogP) is 13.6. The summed E-state index contributed by atoms with van der Waals surface area (Å²) in [5, 5.41) is 0. The normalized spacial score (nSPS) is 11.8. The molecule has 0 amide bonds. The minimum Gasteiger partial charge on any atom is -0.0817 e. The number of rotatable bonds is 29. The molecule has 0 aromatic heterocycles. The molecule has 0 aromatic carbocycles. The average Bonchev–Trinajstić information content (AvgIpc) is 2.84. The van der Waals surface area contributed by atoms with E-state index < -0.39 is 0 Å². The molecular weight excluding hydrogens is 489 g/mol. The van der Waals surface area contributed by atoms with Crippen molar-refractivity contribution in [2.75, 3.05) is 11.5 Å². The quantitative estimate of drug-likeness (QED) is 0.0670. The second-order valence-corrected chi connectivity index (χ2v) is 16.7. The van der Waals surface area contributed by atoms with E-state index in [-0.39, 0.29) is 0 Å². The van der Waals surface area contributed by atoms with Gasteiger partial charge < -0.3 is 0 Å². The molecule has 206 valence electrons. The highest BCUT2D eigenvalue weighted by Crippen LogP contribution is 2.43. The maximum Gasteiger partial charge on any atom is 0.00454 e. The Labute approximate surface area is 232 Å². The molecule has 0 saturated carbocycles. The molecule has 0 rings (SSSR count). The summed E-state index contributed by atoms with van der Waals surface area (Å²) in [5.74, 6) is 4.70. The predicted molar refractivity (Wildman–Crippen MR) is 171 cm³/mol. The van der Waals surface area contributed by atoms with Gasteiger partial charge in [0.05, 0.1) is 0 Å².